The van der Waals surface area contributed by atoms with Crippen molar-refractivity contribution in [3.8, 4) is 16.9 Å². The number of carbonyl (C=O) groups excluding carboxylic acids is 3. The predicted octanol–water partition coefficient (Wildman–Crippen LogP) is 6.49. The van der Waals surface area contributed by atoms with Crippen LogP contribution >= 0.6 is 23.2 Å². The molecule has 238 valence electrons. The van der Waals surface area contributed by atoms with Crippen LogP contribution in [0.1, 0.15) is 66.2 Å². The molecule has 2 amide bonds. The van der Waals surface area contributed by atoms with Gasteiger partial charge in [-0.05, 0) is 99.4 Å². The highest BCUT2D eigenvalue weighted by molar-refractivity contribution is 6.35. The zero-order valence-corrected chi connectivity index (χ0v) is 28.3. The molecule has 1 aromatic heterocycles. The van der Waals surface area contributed by atoms with E-state index >= 15 is 0 Å². The standard InChI is InChI=1S/C35H40Cl2N4O4/c1-19-16-25(17-20(2)33(19)37)45-15-7-8-26-27-9-10-30(36)32(31-21(3)39-40(6)22(31)4)28(27)18-29(26)34(43)38-24-11-13-41(14-12-24)35(44)23(5)42/h9-10,16-17,24H,7-8,11-15,18H2,1-6H3,(H,38,43). The number of nitrogens with zero attached hydrogens (tertiary/aromatic N) is 3. The molecule has 5 rings (SSSR count). The molecule has 1 saturated heterocycles. The maximum atomic E-state index is 14.0. The summed E-state index contributed by atoms with van der Waals surface area (Å²) in [6.07, 6.45) is 3.01. The molecule has 0 saturated carbocycles. The number of ketones is 1. The first-order valence-corrected chi connectivity index (χ1v) is 16.2. The molecule has 2 aliphatic rings. The molecular formula is C35H40Cl2N4O4. The summed E-state index contributed by atoms with van der Waals surface area (Å²) in [6.45, 7) is 10.6. The second-order valence-electron chi connectivity index (χ2n) is 12.2. The number of rotatable bonds is 9. The Morgan fingerprint density at radius 1 is 1.02 bits per heavy atom. The van der Waals surface area contributed by atoms with Crippen molar-refractivity contribution in [3.05, 3.63) is 73.5 Å². The minimum Gasteiger partial charge on any atom is -0.494 e. The van der Waals surface area contributed by atoms with Crippen LogP contribution in [0, 0.1) is 27.7 Å². The van der Waals surface area contributed by atoms with E-state index in [0.717, 1.165) is 66.7 Å². The Morgan fingerprint density at radius 3 is 2.29 bits per heavy atom. The molecule has 0 bridgehead atoms. The van der Waals surface area contributed by atoms with E-state index in [2.05, 4.69) is 10.4 Å². The van der Waals surface area contributed by atoms with E-state index in [-0.39, 0.29) is 11.9 Å². The first kappa shape index (κ1) is 32.8. The van der Waals surface area contributed by atoms with Gasteiger partial charge in [0.2, 0.25) is 11.7 Å². The van der Waals surface area contributed by atoms with Crippen LogP contribution in [-0.4, -0.2) is 58.0 Å². The Balaban J connectivity index is 1.40. The van der Waals surface area contributed by atoms with Gasteiger partial charge in [0.25, 0.3) is 5.91 Å². The smallest absolute Gasteiger partial charge is 0.289 e. The zero-order chi connectivity index (χ0) is 32.6. The van der Waals surface area contributed by atoms with Gasteiger partial charge < -0.3 is 15.0 Å². The normalized spacial score (nSPS) is 15.0. The SMILES string of the molecule is CC(=O)C(=O)N1CCC(NC(=O)C2=C(CCCOc3cc(C)c(Cl)c(C)c3)c3ccc(Cl)c(-c4c(C)nn(C)c4C)c3C2)CC1. The van der Waals surface area contributed by atoms with Gasteiger partial charge >= 0.3 is 0 Å². The highest BCUT2D eigenvalue weighted by atomic mass is 35.5. The van der Waals surface area contributed by atoms with Crippen LogP contribution in [-0.2, 0) is 27.9 Å². The minimum atomic E-state index is -0.465. The highest BCUT2D eigenvalue weighted by Crippen LogP contribution is 2.45. The van der Waals surface area contributed by atoms with Gasteiger partial charge in [-0.25, -0.2) is 0 Å². The molecule has 0 atom stereocenters. The second-order valence-corrected chi connectivity index (χ2v) is 13.0. The van der Waals surface area contributed by atoms with Crippen molar-refractivity contribution in [3.63, 3.8) is 0 Å². The van der Waals surface area contributed by atoms with Crippen molar-refractivity contribution in [1.82, 2.24) is 20.0 Å². The van der Waals surface area contributed by atoms with Crippen molar-refractivity contribution >= 4 is 46.4 Å². The van der Waals surface area contributed by atoms with Gasteiger partial charge in [0.05, 0.1) is 12.3 Å². The number of hydrogen-bond acceptors (Lipinski definition) is 5. The van der Waals surface area contributed by atoms with E-state index in [1.807, 2.05) is 63.7 Å². The molecule has 1 fully saturated rings. The number of fused-ring (bicyclic) bond motifs is 1. The molecule has 45 heavy (non-hydrogen) atoms. The van der Waals surface area contributed by atoms with Gasteiger partial charge in [0.1, 0.15) is 5.75 Å². The second kappa shape index (κ2) is 13.4. The Bertz CT molecular complexity index is 1690. The third-order valence-corrected chi connectivity index (χ3v) is 9.92. The van der Waals surface area contributed by atoms with Crippen molar-refractivity contribution in [2.75, 3.05) is 19.7 Å². The summed E-state index contributed by atoms with van der Waals surface area (Å²) in [5.41, 5.74) is 9.56. The van der Waals surface area contributed by atoms with Gasteiger partial charge in [-0.1, -0.05) is 29.3 Å². The number of hydrogen-bond donors (Lipinski definition) is 1. The lowest BCUT2D eigenvalue weighted by Gasteiger charge is -2.32. The molecule has 1 N–H and O–H groups in total. The highest BCUT2D eigenvalue weighted by Gasteiger charge is 2.33. The van der Waals surface area contributed by atoms with E-state index in [1.54, 1.807) is 4.90 Å². The number of aryl methyl sites for hydroxylation is 4. The summed E-state index contributed by atoms with van der Waals surface area (Å²) in [6, 6.07) is 7.74. The number of ether oxygens (including phenoxy) is 1. The Hall–Kier alpha value is -3.62. The minimum absolute atomic E-state index is 0.0865. The summed E-state index contributed by atoms with van der Waals surface area (Å²) in [7, 11) is 1.92. The number of amides is 2. The van der Waals surface area contributed by atoms with Crippen molar-refractivity contribution < 1.29 is 19.1 Å². The summed E-state index contributed by atoms with van der Waals surface area (Å²) in [5, 5.41) is 9.25. The maximum absolute atomic E-state index is 14.0. The molecule has 1 aliphatic heterocycles. The fourth-order valence-electron chi connectivity index (χ4n) is 6.59. The van der Waals surface area contributed by atoms with Crippen molar-refractivity contribution in [2.45, 2.75) is 72.8 Å². The topological polar surface area (TPSA) is 93.5 Å². The molecule has 0 unspecified atom stereocenters. The third-order valence-electron chi connectivity index (χ3n) is 9.01. The van der Waals surface area contributed by atoms with E-state index in [0.29, 0.717) is 56.8 Å². The first-order chi connectivity index (χ1) is 21.4. The van der Waals surface area contributed by atoms with Gasteiger partial charge in [0, 0.05) is 72.0 Å². The molecule has 3 aromatic rings. The number of nitrogens with one attached hydrogen (secondary N) is 1. The number of aromatic nitrogens is 2. The monoisotopic (exact) mass is 650 g/mol. The largest absolute Gasteiger partial charge is 0.494 e. The molecule has 1 aliphatic carbocycles. The molecular weight excluding hydrogens is 611 g/mol. The number of likely N-dealkylation sites (tertiary alicyclic amines) is 1. The average Bonchev–Trinajstić information content (AvgIpc) is 3.49. The molecule has 0 spiro atoms. The lowest BCUT2D eigenvalue weighted by molar-refractivity contribution is -0.144. The number of benzene rings is 2. The maximum Gasteiger partial charge on any atom is 0.289 e. The fourth-order valence-corrected chi connectivity index (χ4v) is 6.97. The summed E-state index contributed by atoms with van der Waals surface area (Å²) >= 11 is 13.2. The predicted molar refractivity (Wildman–Crippen MR) is 178 cm³/mol. The number of halogens is 2. The van der Waals surface area contributed by atoms with Crippen LogP contribution < -0.4 is 10.1 Å². The number of allylic oxidation sites excluding steroid dienone is 1. The van der Waals surface area contributed by atoms with Gasteiger partial charge in [-0.2, -0.15) is 5.10 Å². The Kier molecular flexibility index (Phi) is 9.75. The summed E-state index contributed by atoms with van der Waals surface area (Å²) in [5.74, 6) is -0.258. The van der Waals surface area contributed by atoms with E-state index in [9.17, 15) is 14.4 Å². The summed E-state index contributed by atoms with van der Waals surface area (Å²) < 4.78 is 7.97. The summed E-state index contributed by atoms with van der Waals surface area (Å²) in [4.78, 5) is 39.2. The number of piperidine rings is 1. The number of Topliss-reactive ketones (excluding diaryl/α,β-unsaturated/α-hetero) is 1. The lowest BCUT2D eigenvalue weighted by Crippen LogP contribution is -2.48. The van der Waals surface area contributed by atoms with Crippen LogP contribution in [0.5, 0.6) is 5.75 Å². The zero-order valence-electron chi connectivity index (χ0n) is 26.8. The third kappa shape index (κ3) is 6.68. The van der Waals surface area contributed by atoms with Gasteiger partial charge in [0.15, 0.2) is 0 Å². The first-order valence-electron chi connectivity index (χ1n) is 15.4. The Labute approximate surface area is 274 Å². The van der Waals surface area contributed by atoms with Gasteiger partial charge in [-0.3, -0.25) is 19.1 Å². The fraction of sp³-hybridized carbons (Fsp3) is 0.429. The molecule has 2 aromatic carbocycles. The van der Waals surface area contributed by atoms with Crippen LogP contribution in [0.3, 0.4) is 0 Å². The molecule has 2 heterocycles. The Morgan fingerprint density at radius 2 is 1.69 bits per heavy atom. The van der Waals surface area contributed by atoms with Crippen LogP contribution in [0.25, 0.3) is 16.7 Å². The van der Waals surface area contributed by atoms with Crippen molar-refractivity contribution in [2.24, 2.45) is 7.05 Å². The average molecular weight is 652 g/mol. The lowest BCUT2D eigenvalue weighted by atomic mass is 9.93. The molecule has 8 nitrogen and oxygen atoms in total. The van der Waals surface area contributed by atoms with Crippen molar-refractivity contribution in [1.29, 1.82) is 0 Å². The van der Waals surface area contributed by atoms with Crippen LogP contribution in [0.4, 0.5) is 0 Å². The quantitative estimate of drug-likeness (QED) is 0.211. The van der Waals surface area contributed by atoms with E-state index < -0.39 is 11.7 Å². The molecule has 0 radical (unpaired) electrons. The van der Waals surface area contributed by atoms with Gasteiger partial charge in [-0.15, -0.1) is 0 Å². The van der Waals surface area contributed by atoms with E-state index in [1.165, 1.54) is 6.92 Å². The van der Waals surface area contributed by atoms with E-state index in [4.69, 9.17) is 27.9 Å². The van der Waals surface area contributed by atoms with Crippen LogP contribution in [0.15, 0.2) is 29.8 Å². The number of carbonyl (C=O) groups is 3. The van der Waals surface area contributed by atoms with Crippen LogP contribution in [0.2, 0.25) is 10.0 Å². The molecule has 10 heteroatoms.